The number of aryl methyl sites for hydroxylation is 1. The molecule has 0 aliphatic heterocycles. The van der Waals surface area contributed by atoms with Crippen LogP contribution in [-0.2, 0) is 26.2 Å². The minimum atomic E-state index is -3.81. The maximum Gasteiger partial charge on any atom is 0.244 e. The number of nitrogens with one attached hydrogen (secondary N) is 1. The first-order chi connectivity index (χ1) is 16.1. The Kier molecular flexibility index (Phi) is 9.06. The van der Waals surface area contributed by atoms with Crippen molar-refractivity contribution in [1.29, 1.82) is 0 Å². The molecule has 0 saturated carbocycles. The van der Waals surface area contributed by atoms with Gasteiger partial charge in [-0.3, -0.25) is 13.9 Å². The van der Waals surface area contributed by atoms with Crippen molar-refractivity contribution in [3.8, 4) is 0 Å². The minimum Gasteiger partial charge on any atom is -0.350 e. The van der Waals surface area contributed by atoms with Crippen LogP contribution >= 0.6 is 0 Å². The van der Waals surface area contributed by atoms with E-state index in [0.29, 0.717) is 17.7 Å². The van der Waals surface area contributed by atoms with Crippen LogP contribution in [0, 0.1) is 19.7 Å². The molecule has 0 unspecified atom stereocenters. The van der Waals surface area contributed by atoms with Crippen LogP contribution in [-0.4, -0.2) is 49.5 Å². The van der Waals surface area contributed by atoms with E-state index in [4.69, 9.17) is 0 Å². The molecule has 0 bridgehead atoms. The first-order valence-electron chi connectivity index (χ1n) is 11.5. The zero-order valence-corrected chi connectivity index (χ0v) is 22.4. The number of carbonyl (C=O) groups excluding carboxylic acids is 2. The van der Waals surface area contributed by atoms with Gasteiger partial charge in [0.1, 0.15) is 18.4 Å². The fourth-order valence-electron chi connectivity index (χ4n) is 3.76. The Hall–Kier alpha value is -2.94. The number of anilines is 1. The molecule has 2 rings (SSSR count). The number of hydrogen-bond acceptors (Lipinski definition) is 4. The van der Waals surface area contributed by atoms with E-state index >= 15 is 0 Å². The van der Waals surface area contributed by atoms with Gasteiger partial charge in [-0.2, -0.15) is 0 Å². The van der Waals surface area contributed by atoms with Gasteiger partial charge in [-0.1, -0.05) is 31.2 Å². The topological polar surface area (TPSA) is 86.8 Å². The molecule has 0 aromatic heterocycles. The summed E-state index contributed by atoms with van der Waals surface area (Å²) in [5.41, 5.74) is 2.15. The fourth-order valence-corrected chi connectivity index (χ4v) is 4.66. The lowest BCUT2D eigenvalue weighted by Gasteiger charge is -2.34. The van der Waals surface area contributed by atoms with Crippen molar-refractivity contribution in [2.24, 2.45) is 0 Å². The average Bonchev–Trinajstić information content (AvgIpc) is 2.73. The predicted octanol–water partition coefficient (Wildman–Crippen LogP) is 3.93. The monoisotopic (exact) mass is 505 g/mol. The largest absolute Gasteiger partial charge is 0.350 e. The summed E-state index contributed by atoms with van der Waals surface area (Å²) in [7, 11) is -3.81. The second-order valence-corrected chi connectivity index (χ2v) is 11.7. The molecule has 1 N–H and O–H groups in total. The van der Waals surface area contributed by atoms with Crippen molar-refractivity contribution >= 4 is 27.5 Å². The lowest BCUT2D eigenvalue weighted by atomic mass is 10.1. The van der Waals surface area contributed by atoms with Crippen LogP contribution in [0.5, 0.6) is 0 Å². The maximum atomic E-state index is 13.7. The van der Waals surface area contributed by atoms with Gasteiger partial charge in [-0.05, 0) is 75.9 Å². The van der Waals surface area contributed by atoms with Crippen LogP contribution in [0.4, 0.5) is 10.1 Å². The molecule has 1 atom stereocenters. The summed E-state index contributed by atoms with van der Waals surface area (Å²) in [5.74, 6) is -1.29. The van der Waals surface area contributed by atoms with Crippen molar-refractivity contribution in [1.82, 2.24) is 10.2 Å². The Morgan fingerprint density at radius 2 is 1.66 bits per heavy atom. The van der Waals surface area contributed by atoms with E-state index in [1.165, 1.54) is 17.0 Å². The van der Waals surface area contributed by atoms with Gasteiger partial charge in [-0.15, -0.1) is 0 Å². The number of benzene rings is 2. The standard InChI is InChI=1S/C26H36FN3O4S/c1-8-22(25(32)28-26(4,5)6)29(16-20-12-14-21(27)15-13-20)24(31)17-30(35(7,33)34)23-11-9-10-18(2)19(23)3/h9-15,22H,8,16-17H2,1-7H3,(H,28,32)/t22-/m0/s1. The van der Waals surface area contributed by atoms with E-state index in [9.17, 15) is 22.4 Å². The van der Waals surface area contributed by atoms with E-state index in [0.717, 1.165) is 21.7 Å². The average molecular weight is 506 g/mol. The highest BCUT2D eigenvalue weighted by Gasteiger charge is 2.33. The molecule has 0 radical (unpaired) electrons. The first kappa shape index (κ1) is 28.3. The van der Waals surface area contributed by atoms with Crippen LogP contribution in [0.3, 0.4) is 0 Å². The molecule has 35 heavy (non-hydrogen) atoms. The first-order valence-corrected chi connectivity index (χ1v) is 13.4. The van der Waals surface area contributed by atoms with E-state index in [1.54, 1.807) is 38.1 Å². The highest BCUT2D eigenvalue weighted by atomic mass is 32.2. The molecular formula is C26H36FN3O4S. The summed E-state index contributed by atoms with van der Waals surface area (Å²) in [6.45, 7) is 10.5. The fraction of sp³-hybridized carbons (Fsp3) is 0.462. The van der Waals surface area contributed by atoms with Gasteiger partial charge in [0.15, 0.2) is 0 Å². The van der Waals surface area contributed by atoms with Crippen LogP contribution in [0.15, 0.2) is 42.5 Å². The molecule has 7 nitrogen and oxygen atoms in total. The molecule has 0 aliphatic rings. The summed E-state index contributed by atoms with van der Waals surface area (Å²) < 4.78 is 40.0. The number of carbonyl (C=O) groups is 2. The van der Waals surface area contributed by atoms with E-state index < -0.39 is 39.9 Å². The molecule has 2 aromatic rings. The van der Waals surface area contributed by atoms with Crippen molar-refractivity contribution < 1.29 is 22.4 Å². The van der Waals surface area contributed by atoms with Gasteiger partial charge in [0.25, 0.3) is 0 Å². The highest BCUT2D eigenvalue weighted by molar-refractivity contribution is 7.92. The Morgan fingerprint density at radius 1 is 1.06 bits per heavy atom. The number of halogens is 1. The second-order valence-electron chi connectivity index (χ2n) is 9.80. The molecule has 2 amide bonds. The molecule has 0 aliphatic carbocycles. The van der Waals surface area contributed by atoms with Crippen LogP contribution < -0.4 is 9.62 Å². The normalized spacial score (nSPS) is 12.7. The molecule has 0 saturated heterocycles. The van der Waals surface area contributed by atoms with Gasteiger partial charge in [0.2, 0.25) is 21.8 Å². The quantitative estimate of drug-likeness (QED) is 0.560. The number of amides is 2. The van der Waals surface area contributed by atoms with Gasteiger partial charge < -0.3 is 10.2 Å². The van der Waals surface area contributed by atoms with Crippen molar-refractivity contribution in [3.05, 3.63) is 65.0 Å². The summed E-state index contributed by atoms with van der Waals surface area (Å²) in [6, 6.07) is 10.1. The third kappa shape index (κ3) is 7.78. The van der Waals surface area contributed by atoms with Crippen molar-refractivity contribution in [3.63, 3.8) is 0 Å². The molecule has 0 heterocycles. The Labute approximate surface area is 208 Å². The molecular weight excluding hydrogens is 469 g/mol. The summed E-state index contributed by atoms with van der Waals surface area (Å²) in [5, 5.41) is 2.91. The van der Waals surface area contributed by atoms with Gasteiger partial charge in [0, 0.05) is 12.1 Å². The Morgan fingerprint density at radius 3 is 2.17 bits per heavy atom. The second kappa shape index (κ2) is 11.2. The summed E-state index contributed by atoms with van der Waals surface area (Å²) in [6.07, 6.45) is 1.37. The van der Waals surface area contributed by atoms with E-state index in [2.05, 4.69) is 5.32 Å². The SMILES string of the molecule is CC[C@@H](C(=O)NC(C)(C)C)N(Cc1ccc(F)cc1)C(=O)CN(c1cccc(C)c1C)S(C)(=O)=O. The van der Waals surface area contributed by atoms with Crippen molar-refractivity contribution in [2.45, 2.75) is 66.1 Å². The predicted molar refractivity (Wildman–Crippen MR) is 137 cm³/mol. The van der Waals surface area contributed by atoms with Crippen molar-refractivity contribution in [2.75, 3.05) is 17.1 Å². The van der Waals surface area contributed by atoms with E-state index in [-0.39, 0.29) is 12.5 Å². The number of rotatable bonds is 9. The molecule has 192 valence electrons. The zero-order valence-electron chi connectivity index (χ0n) is 21.6. The lowest BCUT2D eigenvalue weighted by molar-refractivity contribution is -0.141. The molecule has 0 fully saturated rings. The number of hydrogen-bond donors (Lipinski definition) is 1. The minimum absolute atomic E-state index is 0.0274. The van der Waals surface area contributed by atoms with Crippen LogP contribution in [0.1, 0.15) is 50.8 Å². The molecule has 9 heteroatoms. The number of nitrogens with zero attached hydrogens (tertiary/aromatic N) is 2. The Bertz CT molecular complexity index is 1160. The Balaban J connectivity index is 2.49. The summed E-state index contributed by atoms with van der Waals surface area (Å²) >= 11 is 0. The van der Waals surface area contributed by atoms with Gasteiger partial charge >= 0.3 is 0 Å². The zero-order chi connectivity index (χ0) is 26.6. The van der Waals surface area contributed by atoms with Crippen LogP contribution in [0.25, 0.3) is 0 Å². The van der Waals surface area contributed by atoms with Gasteiger partial charge in [-0.25, -0.2) is 12.8 Å². The smallest absolute Gasteiger partial charge is 0.244 e. The van der Waals surface area contributed by atoms with Crippen LogP contribution in [0.2, 0.25) is 0 Å². The lowest BCUT2D eigenvalue weighted by Crippen LogP contribution is -2.55. The van der Waals surface area contributed by atoms with E-state index in [1.807, 2.05) is 33.8 Å². The highest BCUT2D eigenvalue weighted by Crippen LogP contribution is 2.25. The third-order valence-electron chi connectivity index (χ3n) is 5.67. The summed E-state index contributed by atoms with van der Waals surface area (Å²) in [4.78, 5) is 28.2. The molecule has 2 aromatic carbocycles. The van der Waals surface area contributed by atoms with Gasteiger partial charge in [0.05, 0.1) is 11.9 Å². The maximum absolute atomic E-state index is 13.7. The molecule has 0 spiro atoms. The number of sulfonamides is 1. The third-order valence-corrected chi connectivity index (χ3v) is 6.80.